The average molecular weight is 387 g/mol. The summed E-state index contributed by atoms with van der Waals surface area (Å²) in [5, 5.41) is 2.73. The lowest BCUT2D eigenvalue weighted by Crippen LogP contribution is -2.81. The molecule has 2 aromatic heterocycles. The van der Waals surface area contributed by atoms with Crippen LogP contribution in [0.5, 0.6) is 5.75 Å². The summed E-state index contributed by atoms with van der Waals surface area (Å²) in [5.74, 6) is 1.49. The Kier molecular flexibility index (Phi) is 5.63. The normalized spacial score (nSPS) is 10.9. The molecule has 4 rings (SSSR count). The number of para-hydroxylation sites is 1. The van der Waals surface area contributed by atoms with Crippen molar-refractivity contribution in [2.75, 3.05) is 6.61 Å². The van der Waals surface area contributed by atoms with Gasteiger partial charge in [0.05, 0.1) is 23.2 Å². The van der Waals surface area contributed by atoms with Gasteiger partial charge < -0.3 is 10.1 Å². The van der Waals surface area contributed by atoms with Crippen molar-refractivity contribution < 1.29 is 10.1 Å². The van der Waals surface area contributed by atoms with Gasteiger partial charge in [-0.05, 0) is 49.4 Å². The van der Waals surface area contributed by atoms with Gasteiger partial charge in [-0.15, -0.1) is 0 Å². The second-order valence-electron chi connectivity index (χ2n) is 6.67. The average Bonchev–Trinajstić information content (AvgIpc) is 2.76. The van der Waals surface area contributed by atoms with Crippen LogP contribution in [0.1, 0.15) is 18.3 Å². The highest BCUT2D eigenvalue weighted by molar-refractivity contribution is 5.77. The molecule has 2 aromatic carbocycles. The summed E-state index contributed by atoms with van der Waals surface area (Å²) in [6.07, 6.45) is 3.61. The van der Waals surface area contributed by atoms with Crippen molar-refractivity contribution in [2.45, 2.75) is 20.0 Å². The van der Waals surface area contributed by atoms with Crippen molar-refractivity contribution in [3.8, 4) is 11.4 Å². The second kappa shape index (κ2) is 8.67. The fourth-order valence-corrected chi connectivity index (χ4v) is 3.33. The van der Waals surface area contributed by atoms with E-state index in [0.717, 1.165) is 23.5 Å². The van der Waals surface area contributed by atoms with Crippen LogP contribution in [0.2, 0.25) is 0 Å². The Morgan fingerprint density at radius 1 is 1.00 bits per heavy atom. The Morgan fingerprint density at radius 2 is 1.83 bits per heavy atom. The van der Waals surface area contributed by atoms with Crippen LogP contribution in [0.3, 0.4) is 0 Å². The van der Waals surface area contributed by atoms with Crippen LogP contribution >= 0.6 is 0 Å². The monoisotopic (exact) mass is 387 g/mol. The summed E-state index contributed by atoms with van der Waals surface area (Å²) in [6.45, 7) is 3.88. The highest BCUT2D eigenvalue weighted by atomic mass is 16.5. The Hall–Kier alpha value is -3.51. The summed E-state index contributed by atoms with van der Waals surface area (Å²) in [7, 11) is 0. The molecule has 0 saturated carbocycles. The molecule has 0 spiro atoms. The quantitative estimate of drug-likeness (QED) is 0.529. The van der Waals surface area contributed by atoms with E-state index < -0.39 is 0 Å². The van der Waals surface area contributed by atoms with Crippen LogP contribution < -0.4 is 15.6 Å². The minimum atomic E-state index is -0.0652. The van der Waals surface area contributed by atoms with Crippen molar-refractivity contribution in [3.63, 3.8) is 0 Å². The molecule has 0 amide bonds. The molecule has 29 heavy (non-hydrogen) atoms. The third kappa shape index (κ3) is 4.17. The molecule has 6 nitrogen and oxygen atoms in total. The number of aromatic nitrogens is 3. The predicted octanol–water partition coefficient (Wildman–Crippen LogP) is 2.44. The minimum absolute atomic E-state index is 0.0652. The number of nitrogens with two attached hydrogens (primary N) is 1. The molecule has 0 radical (unpaired) electrons. The van der Waals surface area contributed by atoms with E-state index in [2.05, 4.69) is 10.3 Å². The Bertz CT molecular complexity index is 1160. The van der Waals surface area contributed by atoms with Crippen LogP contribution in [0.25, 0.3) is 16.6 Å². The van der Waals surface area contributed by atoms with Gasteiger partial charge >= 0.3 is 0 Å². The molecule has 0 saturated heterocycles. The summed E-state index contributed by atoms with van der Waals surface area (Å²) >= 11 is 0. The van der Waals surface area contributed by atoms with Crippen LogP contribution in [0, 0.1) is 0 Å². The maximum atomic E-state index is 13.3. The Morgan fingerprint density at radius 3 is 2.59 bits per heavy atom. The molecule has 0 aliphatic rings. The number of hydrogen-bond acceptors (Lipinski definition) is 4. The van der Waals surface area contributed by atoms with Gasteiger partial charge in [-0.3, -0.25) is 14.3 Å². The number of fused-ring (bicyclic) bond motifs is 1. The van der Waals surface area contributed by atoms with Crippen molar-refractivity contribution in [1.82, 2.24) is 14.5 Å². The molecule has 4 aromatic rings. The zero-order valence-electron chi connectivity index (χ0n) is 16.3. The van der Waals surface area contributed by atoms with Crippen molar-refractivity contribution in [3.05, 3.63) is 94.8 Å². The third-order valence-electron chi connectivity index (χ3n) is 4.68. The van der Waals surface area contributed by atoms with Crippen molar-refractivity contribution in [1.29, 1.82) is 0 Å². The minimum Gasteiger partial charge on any atom is -0.494 e. The lowest BCUT2D eigenvalue weighted by Gasteiger charge is -2.13. The number of rotatable bonds is 7. The third-order valence-corrected chi connectivity index (χ3v) is 4.68. The smallest absolute Gasteiger partial charge is 0.266 e. The predicted molar refractivity (Wildman–Crippen MR) is 112 cm³/mol. The first-order chi connectivity index (χ1) is 14.3. The zero-order valence-corrected chi connectivity index (χ0v) is 16.3. The molecule has 146 valence electrons. The summed E-state index contributed by atoms with van der Waals surface area (Å²) in [4.78, 5) is 22.2. The van der Waals surface area contributed by atoms with E-state index in [9.17, 15) is 4.79 Å². The van der Waals surface area contributed by atoms with E-state index in [4.69, 9.17) is 9.72 Å². The summed E-state index contributed by atoms with van der Waals surface area (Å²) in [6, 6.07) is 19.0. The molecular weight excluding hydrogens is 364 g/mol. The number of ether oxygens (including phenoxy) is 1. The summed E-state index contributed by atoms with van der Waals surface area (Å²) < 4.78 is 7.22. The van der Waals surface area contributed by atoms with E-state index in [1.807, 2.05) is 73.8 Å². The van der Waals surface area contributed by atoms with Gasteiger partial charge in [0, 0.05) is 18.0 Å². The molecule has 2 heterocycles. The van der Waals surface area contributed by atoms with Crippen LogP contribution in [0.4, 0.5) is 0 Å². The topological polar surface area (TPSA) is 73.6 Å². The van der Waals surface area contributed by atoms with Gasteiger partial charge in [-0.2, -0.15) is 0 Å². The van der Waals surface area contributed by atoms with E-state index in [0.29, 0.717) is 29.9 Å². The van der Waals surface area contributed by atoms with Crippen molar-refractivity contribution in [2.24, 2.45) is 0 Å². The van der Waals surface area contributed by atoms with E-state index in [1.54, 1.807) is 10.8 Å². The fraction of sp³-hybridized carbons (Fsp3) is 0.174. The highest BCUT2D eigenvalue weighted by Crippen LogP contribution is 2.17. The van der Waals surface area contributed by atoms with E-state index in [1.165, 1.54) is 0 Å². The molecule has 0 fully saturated rings. The van der Waals surface area contributed by atoms with E-state index in [-0.39, 0.29) is 5.56 Å². The number of quaternary nitrogens is 1. The largest absolute Gasteiger partial charge is 0.494 e. The fourth-order valence-electron chi connectivity index (χ4n) is 3.33. The van der Waals surface area contributed by atoms with Crippen LogP contribution in [0.15, 0.2) is 77.9 Å². The molecule has 0 unspecified atom stereocenters. The van der Waals surface area contributed by atoms with Gasteiger partial charge in [-0.1, -0.05) is 18.2 Å². The highest BCUT2D eigenvalue weighted by Gasteiger charge is 2.14. The molecule has 0 aliphatic heterocycles. The zero-order chi connectivity index (χ0) is 20.1. The van der Waals surface area contributed by atoms with Gasteiger partial charge in [-0.25, -0.2) is 4.98 Å². The van der Waals surface area contributed by atoms with Gasteiger partial charge in [0.1, 0.15) is 18.8 Å². The number of nitrogens with zero attached hydrogens (tertiary/aromatic N) is 3. The molecule has 0 atom stereocenters. The number of pyridine rings is 1. The van der Waals surface area contributed by atoms with E-state index >= 15 is 0 Å². The molecular formula is C23H23N4O2+. The Labute approximate surface area is 168 Å². The van der Waals surface area contributed by atoms with Gasteiger partial charge in [0.15, 0.2) is 5.82 Å². The maximum absolute atomic E-state index is 13.3. The SMILES string of the molecule is CCOc1ccc(-n2c(C[NH2+]Cc3cccnc3)nc3ccccc3c2=O)cc1. The molecule has 0 aliphatic carbocycles. The number of hydrogen-bond donors (Lipinski definition) is 1. The Balaban J connectivity index is 1.71. The lowest BCUT2D eigenvalue weighted by atomic mass is 10.2. The van der Waals surface area contributed by atoms with Gasteiger partial charge in [0.25, 0.3) is 5.56 Å². The standard InChI is InChI=1S/C23H22N4O2/c1-2-29-19-11-9-18(10-12-19)27-22(16-25-15-17-6-5-13-24-14-17)26-21-8-4-3-7-20(21)23(27)28/h3-14,25H,2,15-16H2,1H3/p+1. The van der Waals surface area contributed by atoms with Crippen molar-refractivity contribution >= 4 is 10.9 Å². The lowest BCUT2D eigenvalue weighted by molar-refractivity contribution is -0.687. The van der Waals surface area contributed by atoms with Crippen LogP contribution in [-0.4, -0.2) is 21.1 Å². The first-order valence-corrected chi connectivity index (χ1v) is 9.70. The number of benzene rings is 2. The maximum Gasteiger partial charge on any atom is 0.266 e. The molecule has 6 heteroatoms. The van der Waals surface area contributed by atoms with Crippen LogP contribution in [-0.2, 0) is 13.1 Å². The first kappa shape index (κ1) is 18.8. The second-order valence-corrected chi connectivity index (χ2v) is 6.67. The summed E-state index contributed by atoms with van der Waals surface area (Å²) in [5.41, 5.74) is 2.55. The van der Waals surface area contributed by atoms with Gasteiger partial charge in [0.2, 0.25) is 0 Å². The first-order valence-electron chi connectivity index (χ1n) is 9.70. The molecule has 2 N–H and O–H groups in total. The molecule has 0 bridgehead atoms.